The van der Waals surface area contributed by atoms with Gasteiger partial charge in [0.25, 0.3) is 0 Å². The monoisotopic (exact) mass is 457 g/mol. The first-order valence-electron chi connectivity index (χ1n) is 13.1. The molecule has 3 fully saturated rings. The van der Waals surface area contributed by atoms with Crippen LogP contribution in [0.3, 0.4) is 0 Å². The Morgan fingerprint density at radius 2 is 2.15 bits per heavy atom. The predicted octanol–water partition coefficient (Wildman–Crippen LogP) is 1.38. The topological polar surface area (TPSA) is 114 Å². The number of hydrazine groups is 2. The molecule has 10 heteroatoms. The summed E-state index contributed by atoms with van der Waals surface area (Å²) in [6, 6.07) is 1.96. The molecule has 1 saturated carbocycles. The summed E-state index contributed by atoms with van der Waals surface area (Å²) < 4.78 is 22.7. The van der Waals surface area contributed by atoms with E-state index in [0.29, 0.717) is 11.5 Å². The molecule has 178 valence electrons. The van der Waals surface area contributed by atoms with Crippen molar-refractivity contribution in [1.82, 2.24) is 31.2 Å². The van der Waals surface area contributed by atoms with Crippen molar-refractivity contribution in [3.8, 4) is 0 Å². The number of ketones is 1. The molecule has 4 atom stereocenters. The molecule has 10 nitrogen and oxygen atoms in total. The van der Waals surface area contributed by atoms with Crippen LogP contribution in [-0.4, -0.2) is 64.5 Å². The molecule has 1 aromatic rings. The summed E-state index contributed by atoms with van der Waals surface area (Å²) in [7, 11) is 2.09. The fourth-order valence-electron chi connectivity index (χ4n) is 5.20. The molecule has 4 aliphatic rings. The Morgan fingerprint density at radius 1 is 1.33 bits per heavy atom. The maximum Gasteiger partial charge on any atom is 0.228 e. The molecule has 3 unspecified atom stereocenters. The van der Waals surface area contributed by atoms with Gasteiger partial charge in [0.2, 0.25) is 5.91 Å². The number of Topliss-reactive ketones (excluding diaryl/α,β-unsaturated/α-hetero) is 1. The van der Waals surface area contributed by atoms with Crippen LogP contribution in [0.5, 0.6) is 0 Å². The first-order valence-corrected chi connectivity index (χ1v) is 11.6. The third-order valence-corrected chi connectivity index (χ3v) is 7.23. The second-order valence-electron chi connectivity index (χ2n) is 9.36. The minimum atomic E-state index is -2.39. The van der Waals surface area contributed by atoms with E-state index in [1.54, 1.807) is 6.07 Å². The predicted molar refractivity (Wildman–Crippen MR) is 126 cm³/mol. The Hall–Kier alpha value is -2.69. The number of rotatable bonds is 6. The lowest BCUT2D eigenvalue weighted by atomic mass is 9.89. The zero-order valence-corrected chi connectivity index (χ0v) is 19.2. The highest BCUT2D eigenvalue weighted by Gasteiger charge is 2.49. The minimum absolute atomic E-state index is 0.00509. The lowest BCUT2D eigenvalue weighted by Crippen LogP contribution is -2.72. The van der Waals surface area contributed by atoms with Gasteiger partial charge in [-0.25, -0.2) is 4.98 Å². The number of hydrogen-bond donors (Lipinski definition) is 5. The molecular weight excluding hydrogens is 420 g/mol. The average molecular weight is 458 g/mol. The first kappa shape index (κ1) is 18.7. The molecule has 0 aromatic carbocycles. The second-order valence-corrected chi connectivity index (χ2v) is 9.36. The number of aromatic nitrogens is 1. The third-order valence-electron chi connectivity index (χ3n) is 7.23. The van der Waals surface area contributed by atoms with Gasteiger partial charge in [-0.05, 0) is 46.7 Å². The highest BCUT2D eigenvalue weighted by Crippen LogP contribution is 2.36. The van der Waals surface area contributed by atoms with E-state index >= 15 is 0 Å². The molecule has 1 aliphatic carbocycles. The number of nitrogens with one attached hydrogen (secondary N) is 5. The molecular formula is C23H34N8O2. The first-order chi connectivity index (χ1) is 17.0. The van der Waals surface area contributed by atoms with Crippen LogP contribution in [0.1, 0.15) is 60.9 Å². The van der Waals surface area contributed by atoms with Crippen LogP contribution < -0.4 is 26.9 Å². The summed E-state index contributed by atoms with van der Waals surface area (Å²) in [5.41, 5.74) is 9.49. The number of fused-ring (bicyclic) bond motifs is 3. The number of carbonyl (C=O) groups excluding carboxylic acids is 2. The standard InChI is InChI=1S/C23H34N8O2/c1-5-18(32)15-11-25-19(27-23(33)14-6-7-14)10-16(15)26-22-21-17(8-9-24-22)31-20(12(2)28-29-31)13(3)30(21)4/h10-11,13-14,17,21-22,24,28-29H,5-9H2,1-4H3,(H2,25,26,27,33)/t13-,17?,21?,22?/m1/s1/i1D3. The highest BCUT2D eigenvalue weighted by atomic mass is 16.2. The van der Waals surface area contributed by atoms with Crippen LogP contribution in [0.4, 0.5) is 11.5 Å². The van der Waals surface area contributed by atoms with E-state index in [2.05, 4.69) is 62.7 Å². The van der Waals surface area contributed by atoms with Crippen LogP contribution in [0.25, 0.3) is 0 Å². The number of piperidine rings is 1. The van der Waals surface area contributed by atoms with Crippen molar-refractivity contribution in [2.45, 2.75) is 70.7 Å². The smallest absolute Gasteiger partial charge is 0.228 e. The Bertz CT molecular complexity index is 1090. The lowest BCUT2D eigenvalue weighted by Gasteiger charge is -2.54. The van der Waals surface area contributed by atoms with Crippen molar-refractivity contribution >= 4 is 23.2 Å². The Balaban J connectivity index is 1.44. The summed E-state index contributed by atoms with van der Waals surface area (Å²) in [6.07, 6.45) is 3.17. The van der Waals surface area contributed by atoms with E-state index < -0.39 is 19.1 Å². The van der Waals surface area contributed by atoms with Gasteiger partial charge in [-0.2, -0.15) is 0 Å². The quantitative estimate of drug-likeness (QED) is 0.404. The fraction of sp³-hybridized carbons (Fsp3) is 0.609. The van der Waals surface area contributed by atoms with E-state index in [-0.39, 0.29) is 41.7 Å². The van der Waals surface area contributed by atoms with E-state index in [1.807, 2.05) is 0 Å². The third kappa shape index (κ3) is 3.96. The molecule has 5 rings (SSSR count). The van der Waals surface area contributed by atoms with E-state index in [9.17, 15) is 9.59 Å². The summed E-state index contributed by atoms with van der Waals surface area (Å²) in [4.78, 5) is 31.9. The summed E-state index contributed by atoms with van der Waals surface area (Å²) in [5, 5.41) is 12.0. The van der Waals surface area contributed by atoms with Crippen LogP contribution in [-0.2, 0) is 4.79 Å². The number of carbonyl (C=O) groups is 2. The molecule has 2 saturated heterocycles. The van der Waals surface area contributed by atoms with E-state index in [1.165, 1.54) is 11.9 Å². The van der Waals surface area contributed by atoms with Gasteiger partial charge < -0.3 is 16.1 Å². The van der Waals surface area contributed by atoms with Gasteiger partial charge in [0.1, 0.15) is 5.82 Å². The van der Waals surface area contributed by atoms with Crippen molar-refractivity contribution in [2.75, 3.05) is 24.2 Å². The van der Waals surface area contributed by atoms with Gasteiger partial charge in [-0.1, -0.05) is 6.85 Å². The van der Waals surface area contributed by atoms with Gasteiger partial charge in [-0.15, -0.1) is 5.53 Å². The summed E-state index contributed by atoms with van der Waals surface area (Å²) >= 11 is 0. The molecule has 1 aromatic heterocycles. The molecule has 4 heterocycles. The number of allylic oxidation sites excluding steroid dienone is 1. The number of hydrogen-bond acceptors (Lipinski definition) is 9. The maximum atomic E-state index is 13.0. The zero-order valence-electron chi connectivity index (χ0n) is 22.2. The summed E-state index contributed by atoms with van der Waals surface area (Å²) in [6.45, 7) is 2.57. The van der Waals surface area contributed by atoms with Crippen LogP contribution in [0.2, 0.25) is 0 Å². The van der Waals surface area contributed by atoms with Gasteiger partial charge in [0.15, 0.2) is 5.78 Å². The van der Waals surface area contributed by atoms with Crippen LogP contribution in [0, 0.1) is 5.92 Å². The Labute approximate surface area is 198 Å². The Morgan fingerprint density at radius 3 is 2.91 bits per heavy atom. The number of pyridine rings is 1. The second kappa shape index (κ2) is 8.58. The van der Waals surface area contributed by atoms with Gasteiger partial charge in [0, 0.05) is 34.4 Å². The molecule has 0 radical (unpaired) electrons. The molecule has 0 bridgehead atoms. The molecule has 0 spiro atoms. The average Bonchev–Trinajstić information content (AvgIpc) is 3.58. The van der Waals surface area contributed by atoms with Gasteiger partial charge >= 0.3 is 0 Å². The van der Waals surface area contributed by atoms with Crippen molar-refractivity contribution < 1.29 is 13.7 Å². The number of likely N-dealkylation sites (N-methyl/N-ethyl adjacent to an activating group) is 1. The normalized spacial score (nSPS) is 31.0. The number of anilines is 2. The lowest BCUT2D eigenvalue weighted by molar-refractivity contribution is -0.117. The van der Waals surface area contributed by atoms with Crippen molar-refractivity contribution in [3.05, 3.63) is 29.2 Å². The van der Waals surface area contributed by atoms with Crippen LogP contribution in [0.15, 0.2) is 23.7 Å². The largest absolute Gasteiger partial charge is 0.368 e. The molecule has 1 amide bonds. The van der Waals surface area contributed by atoms with Crippen molar-refractivity contribution in [1.29, 1.82) is 0 Å². The highest BCUT2D eigenvalue weighted by molar-refractivity contribution is 6.02. The number of amides is 1. The van der Waals surface area contributed by atoms with E-state index in [4.69, 9.17) is 4.11 Å². The summed E-state index contributed by atoms with van der Waals surface area (Å²) in [5.74, 6) is -0.266. The minimum Gasteiger partial charge on any atom is -0.368 e. The molecule has 5 N–H and O–H groups in total. The van der Waals surface area contributed by atoms with Crippen molar-refractivity contribution in [2.24, 2.45) is 5.92 Å². The van der Waals surface area contributed by atoms with Gasteiger partial charge in [0.05, 0.1) is 41.2 Å². The fourth-order valence-corrected chi connectivity index (χ4v) is 5.20. The molecule has 33 heavy (non-hydrogen) atoms. The van der Waals surface area contributed by atoms with Gasteiger partial charge in [-0.3, -0.25) is 24.8 Å². The molecule has 3 aliphatic heterocycles. The maximum absolute atomic E-state index is 13.0. The SMILES string of the molecule is [2H]C([2H])([2H])CC(=O)c1cnc(NC(=O)C2CC2)cc1NC1NCCC2C1N(C)[C@H](C)C1=C(C)NNN12. The van der Waals surface area contributed by atoms with Crippen LogP contribution >= 0.6 is 0 Å². The zero-order chi connectivity index (χ0) is 25.8. The van der Waals surface area contributed by atoms with E-state index in [0.717, 1.165) is 31.5 Å². The Kier molecular flexibility index (Phi) is 4.87. The number of nitrogens with zero attached hydrogens (tertiary/aromatic N) is 3. The number of piperazine rings is 1. The van der Waals surface area contributed by atoms with Crippen molar-refractivity contribution in [3.63, 3.8) is 0 Å².